The van der Waals surface area contributed by atoms with Gasteiger partial charge in [0.2, 0.25) is 10.0 Å². The third kappa shape index (κ3) is 4.54. The van der Waals surface area contributed by atoms with Crippen LogP contribution in [-0.2, 0) is 14.8 Å². The van der Waals surface area contributed by atoms with Gasteiger partial charge in [0.05, 0.1) is 4.90 Å². The van der Waals surface area contributed by atoms with E-state index in [1.165, 1.54) is 0 Å². The number of aliphatic hydroxyl groups excluding tert-OH is 1. The van der Waals surface area contributed by atoms with Gasteiger partial charge in [-0.15, -0.1) is 0 Å². The van der Waals surface area contributed by atoms with Gasteiger partial charge < -0.3 is 10.2 Å². The Hall–Kier alpha value is -1.58. The predicted octanol–water partition coefficient (Wildman–Crippen LogP) is 0.0787. The minimum atomic E-state index is -4.16. The highest BCUT2D eigenvalue weighted by atomic mass is 32.2. The average molecular weight is 295 g/mol. The van der Waals surface area contributed by atoms with E-state index in [2.05, 4.69) is 0 Å². The lowest BCUT2D eigenvalue weighted by atomic mass is 10.3. The number of benzene rings is 1. The fourth-order valence-electron chi connectivity index (χ4n) is 1.22. The molecule has 0 saturated carbocycles. The first-order chi connectivity index (χ1) is 8.72. The molecule has 19 heavy (non-hydrogen) atoms. The number of halogens is 2. The molecule has 1 atom stereocenters. The van der Waals surface area contributed by atoms with Gasteiger partial charge in [0.1, 0.15) is 11.6 Å². The normalized spacial score (nSPS) is 13.2. The van der Waals surface area contributed by atoms with E-state index in [1.54, 1.807) is 0 Å². The molecular weight excluding hydrogens is 284 g/mol. The van der Waals surface area contributed by atoms with E-state index in [4.69, 9.17) is 10.2 Å². The average Bonchev–Trinajstić information content (AvgIpc) is 2.27. The van der Waals surface area contributed by atoms with E-state index in [0.717, 1.165) is 0 Å². The highest BCUT2D eigenvalue weighted by Crippen LogP contribution is 2.13. The van der Waals surface area contributed by atoms with Crippen LogP contribution in [0.25, 0.3) is 0 Å². The predicted molar refractivity (Wildman–Crippen MR) is 59.8 cm³/mol. The molecule has 0 amide bonds. The molecule has 1 aromatic carbocycles. The molecule has 1 aromatic rings. The van der Waals surface area contributed by atoms with Crippen LogP contribution in [0.2, 0.25) is 0 Å². The van der Waals surface area contributed by atoms with E-state index >= 15 is 0 Å². The molecule has 0 radical (unpaired) electrons. The highest BCUT2D eigenvalue weighted by molar-refractivity contribution is 7.89. The number of carboxylic acids is 1. The van der Waals surface area contributed by atoms with Crippen LogP contribution >= 0.6 is 0 Å². The largest absolute Gasteiger partial charge is 0.479 e. The Morgan fingerprint density at radius 1 is 1.26 bits per heavy atom. The molecule has 0 unspecified atom stereocenters. The van der Waals surface area contributed by atoms with Crippen molar-refractivity contribution < 1.29 is 32.2 Å². The third-order valence-corrected chi connectivity index (χ3v) is 3.58. The molecule has 0 fully saturated rings. The van der Waals surface area contributed by atoms with Crippen molar-refractivity contribution in [3.8, 4) is 0 Å². The fourth-order valence-corrected chi connectivity index (χ4v) is 2.31. The first kappa shape index (κ1) is 15.5. The second-order valence-corrected chi connectivity index (χ2v) is 5.41. The van der Waals surface area contributed by atoms with Crippen molar-refractivity contribution in [2.45, 2.75) is 17.4 Å². The summed E-state index contributed by atoms with van der Waals surface area (Å²) in [5.41, 5.74) is 0. The van der Waals surface area contributed by atoms with E-state index in [9.17, 15) is 22.0 Å². The summed E-state index contributed by atoms with van der Waals surface area (Å²) in [4.78, 5) is 9.67. The van der Waals surface area contributed by atoms with Gasteiger partial charge in [0.25, 0.3) is 0 Å². The summed E-state index contributed by atoms with van der Waals surface area (Å²) in [6.45, 7) is -0.381. The zero-order chi connectivity index (χ0) is 14.6. The van der Waals surface area contributed by atoms with Gasteiger partial charge in [-0.1, -0.05) is 0 Å². The van der Waals surface area contributed by atoms with Gasteiger partial charge in [-0.2, -0.15) is 0 Å². The van der Waals surface area contributed by atoms with Gasteiger partial charge in [0, 0.05) is 12.6 Å². The summed E-state index contributed by atoms with van der Waals surface area (Å²) in [5.74, 6) is -3.59. The third-order valence-electron chi connectivity index (χ3n) is 2.14. The smallest absolute Gasteiger partial charge is 0.332 e. The molecule has 6 nitrogen and oxygen atoms in total. The molecule has 0 aliphatic rings. The fraction of sp³-hybridized carbons (Fsp3) is 0.300. The Balaban J connectivity index is 2.73. The first-order valence-corrected chi connectivity index (χ1v) is 6.57. The molecule has 0 aliphatic heterocycles. The van der Waals surface area contributed by atoms with E-state index in [1.807, 2.05) is 4.72 Å². The molecule has 1 rings (SSSR count). The minimum absolute atomic E-state index is 0.369. The minimum Gasteiger partial charge on any atom is -0.479 e. The van der Waals surface area contributed by atoms with Gasteiger partial charge >= 0.3 is 5.97 Å². The van der Waals surface area contributed by atoms with Crippen molar-refractivity contribution in [1.82, 2.24) is 4.72 Å². The van der Waals surface area contributed by atoms with Crippen LogP contribution in [0.4, 0.5) is 8.78 Å². The summed E-state index contributed by atoms with van der Waals surface area (Å²) in [7, 11) is -4.16. The number of carbonyl (C=O) groups is 1. The van der Waals surface area contributed by atoms with Gasteiger partial charge in [-0.05, 0) is 18.6 Å². The lowest BCUT2D eigenvalue weighted by molar-refractivity contribution is -0.146. The summed E-state index contributed by atoms with van der Waals surface area (Å²) >= 11 is 0. The lowest BCUT2D eigenvalue weighted by Crippen LogP contribution is -2.30. The quantitative estimate of drug-likeness (QED) is 0.689. The van der Waals surface area contributed by atoms with Crippen molar-refractivity contribution in [3.63, 3.8) is 0 Å². The molecule has 3 N–H and O–H groups in total. The number of sulfonamides is 1. The maximum Gasteiger partial charge on any atom is 0.332 e. The van der Waals surface area contributed by atoms with Crippen LogP contribution in [-0.4, -0.2) is 37.2 Å². The van der Waals surface area contributed by atoms with Crippen molar-refractivity contribution in [2.75, 3.05) is 6.54 Å². The lowest BCUT2D eigenvalue weighted by Gasteiger charge is -2.08. The number of hydrogen-bond acceptors (Lipinski definition) is 4. The van der Waals surface area contributed by atoms with Crippen LogP contribution in [0, 0.1) is 11.6 Å². The molecule has 0 heterocycles. The zero-order valence-electron chi connectivity index (χ0n) is 9.51. The molecule has 0 bridgehead atoms. The number of aliphatic hydroxyl groups is 1. The molecule has 9 heteroatoms. The maximum atomic E-state index is 12.9. The molecular formula is C10H11F2NO5S. The van der Waals surface area contributed by atoms with Gasteiger partial charge in [-0.3, -0.25) is 0 Å². The number of hydrogen-bond donors (Lipinski definition) is 3. The van der Waals surface area contributed by atoms with Crippen LogP contribution in [0.1, 0.15) is 6.42 Å². The second-order valence-electron chi connectivity index (χ2n) is 3.65. The van der Waals surface area contributed by atoms with Crippen LogP contribution in [0.3, 0.4) is 0 Å². The van der Waals surface area contributed by atoms with Gasteiger partial charge in [-0.25, -0.2) is 26.7 Å². The van der Waals surface area contributed by atoms with Crippen molar-refractivity contribution in [2.24, 2.45) is 0 Å². The summed E-state index contributed by atoms with van der Waals surface area (Å²) < 4.78 is 50.9. The molecule has 0 saturated heterocycles. The SMILES string of the molecule is O=C(O)[C@@H](O)CCNS(=O)(=O)c1cc(F)cc(F)c1. The first-order valence-electron chi connectivity index (χ1n) is 5.09. The Bertz CT molecular complexity index is 555. The van der Waals surface area contributed by atoms with Crippen molar-refractivity contribution in [3.05, 3.63) is 29.8 Å². The van der Waals surface area contributed by atoms with E-state index in [-0.39, 0.29) is 13.0 Å². The number of nitrogens with one attached hydrogen (secondary N) is 1. The second kappa shape index (κ2) is 6.04. The molecule has 106 valence electrons. The monoisotopic (exact) mass is 295 g/mol. The molecule has 0 aliphatic carbocycles. The molecule has 0 aromatic heterocycles. The Labute approximate surface area is 107 Å². The van der Waals surface area contributed by atoms with Crippen LogP contribution < -0.4 is 4.72 Å². The van der Waals surface area contributed by atoms with Crippen molar-refractivity contribution >= 4 is 16.0 Å². The standard InChI is InChI=1S/C10H11F2NO5S/c11-6-3-7(12)5-8(4-6)19(17,18)13-2-1-9(14)10(15)16/h3-5,9,13-14H,1-2H2,(H,15,16)/t9-/m0/s1. The Kier molecular flexibility index (Phi) is 4.92. The topological polar surface area (TPSA) is 104 Å². The van der Waals surface area contributed by atoms with Crippen LogP contribution in [0.5, 0.6) is 0 Å². The van der Waals surface area contributed by atoms with Crippen molar-refractivity contribution in [1.29, 1.82) is 0 Å². The zero-order valence-corrected chi connectivity index (χ0v) is 10.3. The summed E-state index contributed by atoms with van der Waals surface area (Å²) in [6, 6.07) is 1.77. The number of carboxylic acid groups (broad SMARTS) is 1. The summed E-state index contributed by atoms with van der Waals surface area (Å²) in [6.07, 6.45) is -2.08. The Morgan fingerprint density at radius 2 is 1.79 bits per heavy atom. The number of aliphatic carboxylic acids is 1. The maximum absolute atomic E-state index is 12.9. The Morgan fingerprint density at radius 3 is 2.26 bits per heavy atom. The summed E-state index contributed by atoms with van der Waals surface area (Å²) in [5, 5.41) is 17.3. The number of rotatable bonds is 6. The molecule has 0 spiro atoms. The van der Waals surface area contributed by atoms with Crippen LogP contribution in [0.15, 0.2) is 23.1 Å². The van der Waals surface area contributed by atoms with Gasteiger partial charge in [0.15, 0.2) is 6.10 Å². The highest BCUT2D eigenvalue weighted by Gasteiger charge is 2.18. The van der Waals surface area contributed by atoms with E-state index in [0.29, 0.717) is 18.2 Å². The van der Waals surface area contributed by atoms with E-state index < -0.39 is 38.6 Å².